The van der Waals surface area contributed by atoms with Crippen LogP contribution in [0.2, 0.25) is 0 Å². The molecule has 2 unspecified atom stereocenters. The maximum Gasteiger partial charge on any atom is 0.287 e. The van der Waals surface area contributed by atoms with E-state index >= 15 is 0 Å². The number of nitrogens with one attached hydrogen (secondary N) is 2. The Kier molecular flexibility index (Phi) is 3.00. The zero-order valence-corrected chi connectivity index (χ0v) is 11.9. The van der Waals surface area contributed by atoms with Gasteiger partial charge in [0.25, 0.3) is 5.91 Å². The summed E-state index contributed by atoms with van der Waals surface area (Å²) in [6, 6.07) is 2.12. The summed E-state index contributed by atoms with van der Waals surface area (Å²) in [7, 11) is 0. The van der Waals surface area contributed by atoms with E-state index < -0.39 is 17.6 Å². The highest BCUT2D eigenvalue weighted by Gasteiger charge is 2.51. The Morgan fingerprint density at radius 2 is 2.24 bits per heavy atom. The molecule has 2 fully saturated rings. The van der Waals surface area contributed by atoms with Gasteiger partial charge in [-0.3, -0.25) is 14.4 Å². The molecule has 0 spiro atoms. The molecule has 7 heteroatoms. The molecule has 0 saturated carbocycles. The van der Waals surface area contributed by atoms with Gasteiger partial charge in [-0.25, -0.2) is 0 Å². The number of carbonyl (C=O) groups excluding carboxylic acids is 3. The van der Waals surface area contributed by atoms with Gasteiger partial charge in [0.1, 0.15) is 11.6 Å². The maximum absolute atomic E-state index is 12.3. The summed E-state index contributed by atoms with van der Waals surface area (Å²) in [5, 5.41) is 5.48. The Hall–Kier alpha value is -2.31. The largest absolute Gasteiger partial charge is 0.459 e. The van der Waals surface area contributed by atoms with Crippen molar-refractivity contribution in [3.8, 4) is 0 Å². The molecule has 2 aliphatic heterocycles. The minimum Gasteiger partial charge on any atom is -0.459 e. The summed E-state index contributed by atoms with van der Waals surface area (Å²) in [5.41, 5.74) is -0.895. The number of amides is 3. The van der Waals surface area contributed by atoms with Gasteiger partial charge in [-0.2, -0.15) is 0 Å². The van der Waals surface area contributed by atoms with Crippen molar-refractivity contribution in [2.24, 2.45) is 0 Å². The average Bonchev–Trinajstić information content (AvgIpc) is 3.05. The van der Waals surface area contributed by atoms with Gasteiger partial charge in [0.15, 0.2) is 5.76 Å². The van der Waals surface area contributed by atoms with Gasteiger partial charge < -0.3 is 20.0 Å². The van der Waals surface area contributed by atoms with Gasteiger partial charge in [-0.15, -0.1) is 0 Å². The second-order valence-corrected chi connectivity index (χ2v) is 5.90. The van der Waals surface area contributed by atoms with Gasteiger partial charge in [0.05, 0.1) is 12.3 Å². The first kappa shape index (κ1) is 13.7. The first-order valence-corrected chi connectivity index (χ1v) is 6.87. The quantitative estimate of drug-likeness (QED) is 0.795. The highest BCUT2D eigenvalue weighted by molar-refractivity contribution is 6.01. The lowest BCUT2D eigenvalue weighted by atomic mass is 9.96. The fraction of sp³-hybridized carbons (Fsp3) is 0.500. The van der Waals surface area contributed by atoms with Gasteiger partial charge >= 0.3 is 0 Å². The monoisotopic (exact) mass is 291 g/mol. The van der Waals surface area contributed by atoms with Crippen molar-refractivity contribution in [2.45, 2.75) is 37.9 Å². The Bertz CT molecular complexity index is 593. The van der Waals surface area contributed by atoms with E-state index in [0.717, 1.165) is 0 Å². The van der Waals surface area contributed by atoms with Crippen LogP contribution in [0, 0.1) is 0 Å². The van der Waals surface area contributed by atoms with E-state index in [2.05, 4.69) is 10.6 Å². The van der Waals surface area contributed by atoms with Crippen LogP contribution < -0.4 is 10.6 Å². The van der Waals surface area contributed by atoms with E-state index in [-0.39, 0.29) is 23.5 Å². The molecule has 2 N–H and O–H groups in total. The van der Waals surface area contributed by atoms with Crippen LogP contribution in [0.1, 0.15) is 30.8 Å². The lowest BCUT2D eigenvalue weighted by molar-refractivity contribution is -0.151. The fourth-order valence-electron chi connectivity index (χ4n) is 2.94. The number of carbonyl (C=O) groups is 3. The lowest BCUT2D eigenvalue weighted by Crippen LogP contribution is -2.69. The van der Waals surface area contributed by atoms with Gasteiger partial charge in [0, 0.05) is 6.54 Å². The van der Waals surface area contributed by atoms with Gasteiger partial charge in [-0.1, -0.05) is 0 Å². The molecule has 2 aliphatic rings. The number of furan rings is 1. The van der Waals surface area contributed by atoms with Gasteiger partial charge in [0.2, 0.25) is 11.8 Å². The van der Waals surface area contributed by atoms with E-state index in [1.807, 2.05) is 0 Å². The number of fused-ring (bicyclic) bond motifs is 1. The summed E-state index contributed by atoms with van der Waals surface area (Å²) >= 11 is 0. The van der Waals surface area contributed by atoms with Crippen molar-refractivity contribution < 1.29 is 18.8 Å². The van der Waals surface area contributed by atoms with Crippen molar-refractivity contribution in [3.05, 3.63) is 24.2 Å². The molecule has 1 aromatic heterocycles. The standard InChI is InChI=1S/C14H17N3O4/c1-14(2)13(20)17-6-5-8(10(17)12(19)16-14)15-11(18)9-4-3-7-21-9/h3-4,7-8,10H,5-6H2,1-2H3,(H,15,18)(H,16,19). The number of hydrogen-bond acceptors (Lipinski definition) is 4. The molecule has 0 bridgehead atoms. The highest BCUT2D eigenvalue weighted by atomic mass is 16.3. The normalized spacial score (nSPS) is 27.2. The molecule has 7 nitrogen and oxygen atoms in total. The molecule has 2 atom stereocenters. The summed E-state index contributed by atoms with van der Waals surface area (Å²) in [4.78, 5) is 38.1. The molecular formula is C14H17N3O4. The van der Waals surface area contributed by atoms with E-state index in [1.54, 1.807) is 30.9 Å². The second kappa shape index (κ2) is 4.61. The Balaban J connectivity index is 1.77. The molecule has 21 heavy (non-hydrogen) atoms. The molecule has 2 saturated heterocycles. The molecule has 0 aliphatic carbocycles. The molecule has 3 amide bonds. The van der Waals surface area contributed by atoms with Crippen LogP contribution in [0.3, 0.4) is 0 Å². The van der Waals surface area contributed by atoms with Gasteiger partial charge in [-0.05, 0) is 32.4 Å². The highest BCUT2D eigenvalue weighted by Crippen LogP contribution is 2.26. The van der Waals surface area contributed by atoms with Crippen LogP contribution >= 0.6 is 0 Å². The predicted molar refractivity (Wildman–Crippen MR) is 72.3 cm³/mol. The molecular weight excluding hydrogens is 274 g/mol. The third-order valence-corrected chi connectivity index (χ3v) is 3.96. The van der Waals surface area contributed by atoms with E-state index in [9.17, 15) is 14.4 Å². The SMILES string of the molecule is CC1(C)NC(=O)C2C(NC(=O)c3ccco3)CCN2C1=O. The topological polar surface area (TPSA) is 91.7 Å². The summed E-state index contributed by atoms with van der Waals surface area (Å²) in [6.07, 6.45) is 1.96. The molecule has 1 aromatic rings. The van der Waals surface area contributed by atoms with Crippen molar-refractivity contribution in [3.63, 3.8) is 0 Å². The smallest absolute Gasteiger partial charge is 0.287 e. The van der Waals surface area contributed by atoms with Crippen molar-refractivity contribution in [2.75, 3.05) is 6.54 Å². The number of nitrogens with zero attached hydrogens (tertiary/aromatic N) is 1. The van der Waals surface area contributed by atoms with Crippen molar-refractivity contribution in [1.82, 2.24) is 15.5 Å². The van der Waals surface area contributed by atoms with Crippen molar-refractivity contribution >= 4 is 17.7 Å². The molecule has 3 rings (SSSR count). The Labute approximate surface area is 121 Å². The lowest BCUT2D eigenvalue weighted by Gasteiger charge is -2.40. The maximum atomic E-state index is 12.3. The van der Waals surface area contributed by atoms with Crippen LogP contribution in [0.15, 0.2) is 22.8 Å². The van der Waals surface area contributed by atoms with Crippen LogP contribution in [0.4, 0.5) is 0 Å². The van der Waals surface area contributed by atoms with Crippen LogP contribution in [-0.4, -0.2) is 46.8 Å². The Morgan fingerprint density at radius 1 is 1.48 bits per heavy atom. The van der Waals surface area contributed by atoms with E-state index in [1.165, 1.54) is 6.26 Å². The minimum absolute atomic E-state index is 0.123. The third-order valence-electron chi connectivity index (χ3n) is 3.96. The average molecular weight is 291 g/mol. The van der Waals surface area contributed by atoms with E-state index in [0.29, 0.717) is 13.0 Å². The van der Waals surface area contributed by atoms with E-state index in [4.69, 9.17) is 4.42 Å². The second-order valence-electron chi connectivity index (χ2n) is 5.90. The van der Waals surface area contributed by atoms with Crippen LogP contribution in [0.25, 0.3) is 0 Å². The third kappa shape index (κ3) is 2.18. The number of rotatable bonds is 2. The summed E-state index contributed by atoms with van der Waals surface area (Å²) in [6.45, 7) is 3.82. The summed E-state index contributed by atoms with van der Waals surface area (Å²) < 4.78 is 5.03. The number of hydrogen-bond donors (Lipinski definition) is 2. The fourth-order valence-corrected chi connectivity index (χ4v) is 2.94. The zero-order valence-electron chi connectivity index (χ0n) is 11.9. The predicted octanol–water partition coefficient (Wildman–Crippen LogP) is -0.113. The molecule has 3 heterocycles. The zero-order chi connectivity index (χ0) is 15.2. The Morgan fingerprint density at radius 3 is 2.90 bits per heavy atom. The minimum atomic E-state index is -0.895. The first-order valence-electron chi connectivity index (χ1n) is 6.87. The van der Waals surface area contributed by atoms with Crippen LogP contribution in [0.5, 0.6) is 0 Å². The number of piperazine rings is 1. The molecule has 112 valence electrons. The van der Waals surface area contributed by atoms with Crippen molar-refractivity contribution in [1.29, 1.82) is 0 Å². The van der Waals surface area contributed by atoms with Crippen LogP contribution in [-0.2, 0) is 9.59 Å². The first-order chi connectivity index (χ1) is 9.90. The molecule has 0 aromatic carbocycles. The summed E-state index contributed by atoms with van der Waals surface area (Å²) in [5.74, 6) is -0.544. The molecule has 0 radical (unpaired) electrons.